The topological polar surface area (TPSA) is 84.8 Å². The molecule has 4 rings (SSSR count). The fourth-order valence-electron chi connectivity index (χ4n) is 3.91. The number of fused-ring (bicyclic) bond motifs is 2. The molecule has 3 heterocycles. The van der Waals surface area contributed by atoms with Crippen LogP contribution in [0.4, 0.5) is 4.39 Å². The van der Waals surface area contributed by atoms with Crippen LogP contribution < -0.4 is 9.47 Å². The van der Waals surface area contributed by atoms with Crippen LogP contribution >= 0.6 is 0 Å². The van der Waals surface area contributed by atoms with Gasteiger partial charge in [0.05, 0.1) is 23.6 Å². The molecule has 2 aliphatic rings. The second kappa shape index (κ2) is 7.87. The first-order valence-corrected chi connectivity index (χ1v) is 8.57. The quantitative estimate of drug-likeness (QED) is 0.649. The van der Waals surface area contributed by atoms with Crippen molar-refractivity contribution in [1.29, 1.82) is 0 Å². The number of rotatable bonds is 4. The maximum atomic E-state index is 13.9. The van der Waals surface area contributed by atoms with E-state index in [0.29, 0.717) is 25.6 Å². The van der Waals surface area contributed by atoms with Crippen LogP contribution in [0.25, 0.3) is 10.9 Å². The van der Waals surface area contributed by atoms with Crippen LogP contribution in [0.15, 0.2) is 36.5 Å². The van der Waals surface area contributed by atoms with Crippen molar-refractivity contribution in [2.24, 2.45) is 0 Å². The summed E-state index contributed by atoms with van der Waals surface area (Å²) in [7, 11) is 1.62. The lowest BCUT2D eigenvalue weighted by Gasteiger charge is -2.30. The van der Waals surface area contributed by atoms with E-state index < -0.39 is 6.17 Å². The Bertz CT molecular complexity index is 847. The van der Waals surface area contributed by atoms with Gasteiger partial charge in [-0.1, -0.05) is 18.2 Å². The summed E-state index contributed by atoms with van der Waals surface area (Å²) in [6.45, 7) is 5.39. The Hall–Kier alpha value is -2.74. The number of alkyl halides is 1. The summed E-state index contributed by atoms with van der Waals surface area (Å²) >= 11 is 0. The van der Waals surface area contributed by atoms with Crippen LogP contribution in [0.2, 0.25) is 0 Å². The molecule has 1 aromatic carbocycles. The van der Waals surface area contributed by atoms with E-state index in [1.165, 1.54) is 0 Å². The number of methoxy groups -OCH3 is 1. The molecular weight excluding hydrogens is 353 g/mol. The minimum Gasteiger partial charge on any atom is -0.496 e. The standard InChI is InChI=1S/C18H20FN3O2.CH2O2/c1-12-6-18(7-13(19)10-22(18)9-12)11-24-17-20-8-14-15(21-17)4-3-5-16(14)23-2;2-1-3/h3-5,8,13H,1,6-7,9-11H2,2H3;1H,(H,2,3)/t13-,18+;/m0./s1. The predicted octanol–water partition coefficient (Wildman–Crippen LogP) is 2.46. The molecule has 0 saturated carbocycles. The van der Waals surface area contributed by atoms with Crippen LogP contribution in [0, 0.1) is 0 Å². The monoisotopic (exact) mass is 375 g/mol. The van der Waals surface area contributed by atoms with Crippen molar-refractivity contribution in [2.45, 2.75) is 24.6 Å². The average Bonchev–Trinajstić information content (AvgIpc) is 3.10. The molecule has 0 amide bonds. The molecule has 0 bridgehead atoms. The van der Waals surface area contributed by atoms with E-state index in [-0.39, 0.29) is 12.0 Å². The molecule has 1 aromatic heterocycles. The summed E-state index contributed by atoms with van der Waals surface area (Å²) in [4.78, 5) is 19.2. The lowest BCUT2D eigenvalue weighted by molar-refractivity contribution is -0.122. The number of nitrogens with zero attached hydrogens (tertiary/aromatic N) is 3. The fourth-order valence-corrected chi connectivity index (χ4v) is 3.91. The highest BCUT2D eigenvalue weighted by atomic mass is 19.1. The minimum atomic E-state index is -0.802. The Labute approximate surface area is 156 Å². The van der Waals surface area contributed by atoms with Crippen LogP contribution in [0.1, 0.15) is 12.8 Å². The molecule has 0 unspecified atom stereocenters. The average molecular weight is 375 g/mol. The normalized spacial score (nSPS) is 24.2. The second-order valence-corrected chi connectivity index (χ2v) is 6.77. The molecule has 27 heavy (non-hydrogen) atoms. The summed E-state index contributed by atoms with van der Waals surface area (Å²) < 4.78 is 25.0. The molecule has 0 aliphatic carbocycles. The minimum absolute atomic E-state index is 0.250. The predicted molar refractivity (Wildman–Crippen MR) is 97.9 cm³/mol. The van der Waals surface area contributed by atoms with E-state index in [2.05, 4.69) is 21.4 Å². The number of carbonyl (C=O) groups is 1. The van der Waals surface area contributed by atoms with E-state index in [9.17, 15) is 4.39 Å². The molecule has 2 aromatic rings. The van der Waals surface area contributed by atoms with Crippen molar-refractivity contribution < 1.29 is 23.8 Å². The van der Waals surface area contributed by atoms with Crippen molar-refractivity contribution in [2.75, 3.05) is 26.8 Å². The zero-order valence-corrected chi connectivity index (χ0v) is 15.1. The lowest BCUT2D eigenvalue weighted by atomic mass is 9.93. The highest BCUT2D eigenvalue weighted by Gasteiger charge is 2.50. The van der Waals surface area contributed by atoms with Crippen molar-refractivity contribution in [3.63, 3.8) is 0 Å². The number of hydrogen-bond acceptors (Lipinski definition) is 6. The van der Waals surface area contributed by atoms with Crippen LogP contribution in [0.5, 0.6) is 11.8 Å². The van der Waals surface area contributed by atoms with Crippen molar-refractivity contribution >= 4 is 17.4 Å². The molecule has 2 fully saturated rings. The third-order valence-corrected chi connectivity index (χ3v) is 4.94. The van der Waals surface area contributed by atoms with Crippen molar-refractivity contribution in [1.82, 2.24) is 14.9 Å². The van der Waals surface area contributed by atoms with Gasteiger partial charge in [-0.25, -0.2) is 9.37 Å². The smallest absolute Gasteiger partial charge is 0.316 e. The molecular formula is C19H22FN3O4. The molecule has 7 nitrogen and oxygen atoms in total. The largest absolute Gasteiger partial charge is 0.496 e. The van der Waals surface area contributed by atoms with Gasteiger partial charge >= 0.3 is 6.01 Å². The maximum Gasteiger partial charge on any atom is 0.316 e. The molecule has 0 radical (unpaired) electrons. The fraction of sp³-hybridized carbons (Fsp3) is 0.421. The van der Waals surface area contributed by atoms with E-state index in [1.54, 1.807) is 13.3 Å². The van der Waals surface area contributed by atoms with Gasteiger partial charge in [0.15, 0.2) is 0 Å². The van der Waals surface area contributed by atoms with Crippen LogP contribution in [-0.4, -0.2) is 65.0 Å². The first-order valence-electron chi connectivity index (χ1n) is 8.57. The highest BCUT2D eigenvalue weighted by Crippen LogP contribution is 2.42. The molecule has 8 heteroatoms. The third kappa shape index (κ3) is 3.85. The van der Waals surface area contributed by atoms with Gasteiger partial charge in [0.1, 0.15) is 18.5 Å². The molecule has 144 valence electrons. The molecule has 2 saturated heterocycles. The summed E-state index contributed by atoms with van der Waals surface area (Å²) in [5, 5.41) is 7.73. The van der Waals surface area contributed by atoms with E-state index in [1.807, 2.05) is 18.2 Å². The first-order chi connectivity index (χ1) is 13.0. The summed E-state index contributed by atoms with van der Waals surface area (Å²) in [5.74, 6) is 0.729. The van der Waals surface area contributed by atoms with Crippen LogP contribution in [-0.2, 0) is 4.79 Å². The first kappa shape index (κ1) is 19.0. The molecule has 1 N–H and O–H groups in total. The summed E-state index contributed by atoms with van der Waals surface area (Å²) in [6, 6.07) is 5.95. The van der Waals surface area contributed by atoms with Crippen LogP contribution in [0.3, 0.4) is 0 Å². The van der Waals surface area contributed by atoms with Crippen molar-refractivity contribution in [3.8, 4) is 11.8 Å². The summed E-state index contributed by atoms with van der Waals surface area (Å²) in [6.07, 6.45) is 2.15. The number of ether oxygens (including phenoxy) is 2. The Balaban J connectivity index is 0.000000659. The number of halogens is 1. The number of aromatic nitrogens is 2. The third-order valence-electron chi connectivity index (χ3n) is 4.94. The van der Waals surface area contributed by atoms with Gasteiger partial charge in [-0.15, -0.1) is 0 Å². The number of benzene rings is 1. The SMILES string of the molecule is C=C1CN2C[C@@H](F)C[C@@]2(COc2ncc3c(OC)cccc3n2)C1.O=CO. The number of carboxylic acid groups (broad SMARTS) is 1. The zero-order valence-electron chi connectivity index (χ0n) is 15.1. The zero-order chi connectivity index (χ0) is 19.4. The van der Waals surface area contributed by atoms with Gasteiger partial charge in [-0.05, 0) is 18.6 Å². The lowest BCUT2D eigenvalue weighted by Crippen LogP contribution is -2.43. The van der Waals surface area contributed by atoms with Gasteiger partial charge in [0.2, 0.25) is 0 Å². The maximum absolute atomic E-state index is 13.9. The Morgan fingerprint density at radius 3 is 3.04 bits per heavy atom. The Kier molecular flexibility index (Phi) is 5.55. The van der Waals surface area contributed by atoms with Gasteiger partial charge < -0.3 is 14.6 Å². The Morgan fingerprint density at radius 2 is 2.30 bits per heavy atom. The Morgan fingerprint density at radius 1 is 1.52 bits per heavy atom. The van der Waals surface area contributed by atoms with Gasteiger partial charge in [-0.3, -0.25) is 9.69 Å². The second-order valence-electron chi connectivity index (χ2n) is 6.77. The van der Waals surface area contributed by atoms with Gasteiger partial charge in [0.25, 0.3) is 6.47 Å². The van der Waals surface area contributed by atoms with Crippen molar-refractivity contribution in [3.05, 3.63) is 36.5 Å². The highest BCUT2D eigenvalue weighted by molar-refractivity contribution is 5.84. The van der Waals surface area contributed by atoms with E-state index >= 15 is 0 Å². The molecule has 0 spiro atoms. The van der Waals surface area contributed by atoms with Gasteiger partial charge in [-0.2, -0.15) is 4.98 Å². The summed E-state index contributed by atoms with van der Waals surface area (Å²) in [5.41, 5.74) is 1.59. The van der Waals surface area contributed by atoms with E-state index in [0.717, 1.165) is 35.2 Å². The molecule has 2 atom stereocenters. The molecule has 2 aliphatic heterocycles. The van der Waals surface area contributed by atoms with Gasteiger partial charge in [0, 0.05) is 25.7 Å². The van der Waals surface area contributed by atoms with E-state index in [4.69, 9.17) is 19.4 Å². The number of hydrogen-bond donors (Lipinski definition) is 1.